The monoisotopic (exact) mass is 263 g/mol. The van der Waals surface area contributed by atoms with Gasteiger partial charge < -0.3 is 9.84 Å². The van der Waals surface area contributed by atoms with Crippen LogP contribution in [0.3, 0.4) is 0 Å². The highest BCUT2D eigenvalue weighted by atomic mass is 32.2. The number of nitrogens with zero attached hydrogens (tertiary/aromatic N) is 1. The van der Waals surface area contributed by atoms with Gasteiger partial charge in [0, 0.05) is 11.6 Å². The number of carboxylic acids is 1. The third kappa shape index (κ3) is 2.73. The molecule has 18 heavy (non-hydrogen) atoms. The first kappa shape index (κ1) is 12.7. The van der Waals surface area contributed by atoms with Crippen LogP contribution in [0.1, 0.15) is 5.56 Å². The summed E-state index contributed by atoms with van der Waals surface area (Å²) in [6.07, 6.45) is 3.50. The van der Waals surface area contributed by atoms with E-state index in [4.69, 9.17) is 9.84 Å². The number of rotatable bonds is 4. The van der Waals surface area contributed by atoms with Crippen molar-refractivity contribution >= 4 is 28.6 Å². The summed E-state index contributed by atoms with van der Waals surface area (Å²) in [6.45, 7) is 1.96. The molecule has 1 aromatic carbocycles. The average molecular weight is 263 g/mol. The Hall–Kier alpha value is -1.75. The number of aliphatic carboxylic acids is 1. The third-order valence-electron chi connectivity index (χ3n) is 2.45. The Balaban J connectivity index is 2.31. The molecule has 0 spiro atoms. The van der Waals surface area contributed by atoms with E-state index < -0.39 is 11.4 Å². The Morgan fingerprint density at radius 3 is 2.89 bits per heavy atom. The van der Waals surface area contributed by atoms with E-state index in [0.717, 1.165) is 28.2 Å². The predicted octanol–water partition coefficient (Wildman–Crippen LogP) is 2.70. The van der Waals surface area contributed by atoms with E-state index in [9.17, 15) is 4.79 Å². The molecule has 94 valence electrons. The standard InChI is InChI=1S/C13H13NO3S/c1-8-5-9-6-10(3-4-11(9)14-7-8)17-13(18-2)12(15)16/h3-7,13H,1-2H3,(H,15,16). The van der Waals surface area contributed by atoms with E-state index in [1.165, 1.54) is 0 Å². The zero-order valence-corrected chi connectivity index (χ0v) is 10.9. The summed E-state index contributed by atoms with van der Waals surface area (Å²) in [4.78, 5) is 15.2. The number of aryl methyl sites for hydroxylation is 1. The van der Waals surface area contributed by atoms with E-state index >= 15 is 0 Å². The van der Waals surface area contributed by atoms with Crippen LogP contribution < -0.4 is 4.74 Å². The van der Waals surface area contributed by atoms with Crippen LogP contribution in [-0.4, -0.2) is 27.8 Å². The molecule has 4 nitrogen and oxygen atoms in total. The van der Waals surface area contributed by atoms with Gasteiger partial charge in [-0.25, -0.2) is 4.79 Å². The molecule has 1 N–H and O–H groups in total. The number of carboxylic acid groups (broad SMARTS) is 1. The summed E-state index contributed by atoms with van der Waals surface area (Å²) >= 11 is 1.14. The van der Waals surface area contributed by atoms with E-state index in [1.54, 1.807) is 18.5 Å². The molecule has 2 aromatic rings. The molecule has 0 radical (unpaired) electrons. The topological polar surface area (TPSA) is 59.4 Å². The SMILES string of the molecule is CSC(Oc1ccc2ncc(C)cc2c1)C(=O)O. The molecule has 0 aliphatic rings. The van der Waals surface area contributed by atoms with E-state index in [0.29, 0.717) is 5.75 Å². The summed E-state index contributed by atoms with van der Waals surface area (Å²) in [6, 6.07) is 7.35. The number of hydrogen-bond donors (Lipinski definition) is 1. The van der Waals surface area contributed by atoms with Crippen molar-refractivity contribution in [3.05, 3.63) is 36.0 Å². The second-order valence-electron chi connectivity index (χ2n) is 3.89. The van der Waals surface area contributed by atoms with E-state index in [2.05, 4.69) is 4.98 Å². The van der Waals surface area contributed by atoms with Crippen LogP contribution in [0.2, 0.25) is 0 Å². The van der Waals surface area contributed by atoms with Crippen molar-refractivity contribution in [1.82, 2.24) is 4.98 Å². The first-order chi connectivity index (χ1) is 8.60. The summed E-state index contributed by atoms with van der Waals surface area (Å²) < 4.78 is 5.41. The summed E-state index contributed by atoms with van der Waals surface area (Å²) in [5.74, 6) is -0.443. The van der Waals surface area contributed by atoms with Crippen LogP contribution in [0.25, 0.3) is 10.9 Å². The van der Waals surface area contributed by atoms with Crippen molar-refractivity contribution in [2.24, 2.45) is 0 Å². The molecule has 0 amide bonds. The molecule has 0 saturated heterocycles. The maximum atomic E-state index is 10.9. The number of benzene rings is 1. The quantitative estimate of drug-likeness (QED) is 0.859. The summed E-state index contributed by atoms with van der Waals surface area (Å²) in [5.41, 5.74) is 1.03. The van der Waals surface area contributed by atoms with Gasteiger partial charge in [0.15, 0.2) is 0 Å². The van der Waals surface area contributed by atoms with Crippen molar-refractivity contribution in [3.63, 3.8) is 0 Å². The van der Waals surface area contributed by atoms with Gasteiger partial charge in [0.1, 0.15) is 5.75 Å². The molecular formula is C13H13NO3S. The lowest BCUT2D eigenvalue weighted by molar-refractivity contribution is -0.140. The highest BCUT2D eigenvalue weighted by molar-refractivity contribution is 7.99. The summed E-state index contributed by atoms with van der Waals surface area (Å²) in [7, 11) is 0. The van der Waals surface area contributed by atoms with E-state index in [1.807, 2.05) is 25.1 Å². The normalized spacial score (nSPS) is 12.3. The fourth-order valence-electron chi connectivity index (χ4n) is 1.62. The number of hydrogen-bond acceptors (Lipinski definition) is 4. The van der Waals surface area contributed by atoms with Gasteiger partial charge >= 0.3 is 5.97 Å². The number of fused-ring (bicyclic) bond motifs is 1. The first-order valence-corrected chi connectivity index (χ1v) is 6.67. The zero-order chi connectivity index (χ0) is 13.1. The Morgan fingerprint density at radius 1 is 1.44 bits per heavy atom. The lowest BCUT2D eigenvalue weighted by Gasteiger charge is -2.12. The number of carbonyl (C=O) groups is 1. The van der Waals surface area contributed by atoms with Crippen LogP contribution in [0.4, 0.5) is 0 Å². The largest absolute Gasteiger partial charge is 0.478 e. The van der Waals surface area contributed by atoms with Gasteiger partial charge in [-0.15, -0.1) is 11.8 Å². The maximum absolute atomic E-state index is 10.9. The number of pyridine rings is 1. The first-order valence-electron chi connectivity index (χ1n) is 5.39. The van der Waals surface area contributed by atoms with Gasteiger partial charge in [-0.1, -0.05) is 0 Å². The van der Waals surface area contributed by atoms with Gasteiger partial charge in [0.25, 0.3) is 0 Å². The van der Waals surface area contributed by atoms with Crippen molar-refractivity contribution in [2.45, 2.75) is 12.4 Å². The maximum Gasteiger partial charge on any atom is 0.355 e. The van der Waals surface area contributed by atoms with Crippen molar-refractivity contribution in [1.29, 1.82) is 0 Å². The van der Waals surface area contributed by atoms with Gasteiger partial charge in [0.2, 0.25) is 5.44 Å². The lowest BCUT2D eigenvalue weighted by Crippen LogP contribution is -2.22. The molecule has 0 aliphatic carbocycles. The summed E-state index contributed by atoms with van der Waals surface area (Å²) in [5, 5.41) is 9.88. The molecule has 1 atom stereocenters. The molecule has 2 rings (SSSR count). The van der Waals surface area contributed by atoms with Crippen LogP contribution in [0, 0.1) is 6.92 Å². The minimum Gasteiger partial charge on any atom is -0.478 e. The molecule has 1 heterocycles. The minimum atomic E-state index is -0.982. The molecule has 0 fully saturated rings. The second kappa shape index (κ2) is 5.27. The van der Waals surface area contributed by atoms with Crippen LogP contribution in [-0.2, 0) is 4.79 Å². The van der Waals surface area contributed by atoms with Crippen molar-refractivity contribution in [3.8, 4) is 5.75 Å². The molecular weight excluding hydrogens is 250 g/mol. The predicted molar refractivity (Wildman–Crippen MR) is 72.0 cm³/mol. The molecule has 0 bridgehead atoms. The second-order valence-corrected chi connectivity index (χ2v) is 4.79. The molecule has 1 aromatic heterocycles. The number of aromatic nitrogens is 1. The highest BCUT2D eigenvalue weighted by Gasteiger charge is 2.17. The van der Waals surface area contributed by atoms with Gasteiger partial charge in [0.05, 0.1) is 5.52 Å². The number of ether oxygens (including phenoxy) is 1. The molecule has 0 saturated carbocycles. The molecule has 5 heteroatoms. The Morgan fingerprint density at radius 2 is 2.22 bits per heavy atom. The third-order valence-corrected chi connectivity index (χ3v) is 3.17. The van der Waals surface area contributed by atoms with E-state index in [-0.39, 0.29) is 0 Å². The Labute approximate surface area is 109 Å². The molecule has 0 aliphatic heterocycles. The number of thioether (sulfide) groups is 1. The minimum absolute atomic E-state index is 0.539. The van der Waals surface area contributed by atoms with Gasteiger partial charge in [-0.2, -0.15) is 0 Å². The lowest BCUT2D eigenvalue weighted by atomic mass is 10.2. The van der Waals surface area contributed by atoms with Crippen LogP contribution >= 0.6 is 11.8 Å². The smallest absolute Gasteiger partial charge is 0.355 e. The fraction of sp³-hybridized carbons (Fsp3) is 0.231. The van der Waals surface area contributed by atoms with Crippen molar-refractivity contribution in [2.75, 3.05) is 6.26 Å². The fourth-order valence-corrected chi connectivity index (χ4v) is 2.02. The van der Waals surface area contributed by atoms with Crippen molar-refractivity contribution < 1.29 is 14.6 Å². The van der Waals surface area contributed by atoms with Crippen LogP contribution in [0.15, 0.2) is 30.5 Å². The van der Waals surface area contributed by atoms with Gasteiger partial charge in [-0.05, 0) is 43.0 Å². The van der Waals surface area contributed by atoms with Crippen LogP contribution in [0.5, 0.6) is 5.75 Å². The Kier molecular flexibility index (Phi) is 3.72. The average Bonchev–Trinajstić information content (AvgIpc) is 2.35. The molecule has 1 unspecified atom stereocenters. The van der Waals surface area contributed by atoms with Gasteiger partial charge in [-0.3, -0.25) is 4.98 Å². The zero-order valence-electron chi connectivity index (χ0n) is 10.1. The Bertz CT molecular complexity index is 585. The highest BCUT2D eigenvalue weighted by Crippen LogP contribution is 2.23.